The molecule has 3 aromatic rings. The van der Waals surface area contributed by atoms with Crippen molar-refractivity contribution in [3.05, 3.63) is 4.60 Å². The van der Waals surface area contributed by atoms with E-state index < -0.39 is 5.60 Å². The van der Waals surface area contributed by atoms with Crippen molar-refractivity contribution in [1.82, 2.24) is 24.3 Å². The van der Waals surface area contributed by atoms with Gasteiger partial charge in [-0.2, -0.15) is 5.10 Å². The van der Waals surface area contributed by atoms with Gasteiger partial charge < -0.3 is 19.3 Å². The van der Waals surface area contributed by atoms with E-state index in [9.17, 15) is 5.11 Å². The number of rotatable bonds is 2. The summed E-state index contributed by atoms with van der Waals surface area (Å²) in [6.07, 6.45) is 1.97. The van der Waals surface area contributed by atoms with Crippen molar-refractivity contribution in [3.63, 3.8) is 0 Å². The lowest BCUT2D eigenvalue weighted by Gasteiger charge is -2.28. The lowest BCUT2D eigenvalue weighted by Crippen LogP contribution is -2.42. The molecule has 0 radical (unpaired) electrons. The SMILES string of the molecule is CSc1nc(N2CCOC[C@@](C)(O)C2)c2c3c(c(Br)nn3C)n(C)c2n1. The van der Waals surface area contributed by atoms with Gasteiger partial charge in [0.15, 0.2) is 9.76 Å². The molecule has 140 valence electrons. The molecule has 26 heavy (non-hydrogen) atoms. The van der Waals surface area contributed by atoms with Crippen molar-refractivity contribution < 1.29 is 9.84 Å². The van der Waals surface area contributed by atoms with Crippen LogP contribution in [0.15, 0.2) is 9.76 Å². The Morgan fingerprint density at radius 1 is 1.27 bits per heavy atom. The third-order valence-electron chi connectivity index (χ3n) is 4.65. The van der Waals surface area contributed by atoms with Gasteiger partial charge in [-0.25, -0.2) is 9.97 Å². The number of hydrogen-bond acceptors (Lipinski definition) is 7. The van der Waals surface area contributed by atoms with Crippen LogP contribution in [-0.4, -0.2) is 67.6 Å². The molecule has 0 unspecified atom stereocenters. The monoisotopic (exact) mass is 440 g/mol. The summed E-state index contributed by atoms with van der Waals surface area (Å²) in [7, 11) is 3.90. The highest BCUT2D eigenvalue weighted by molar-refractivity contribution is 9.10. The van der Waals surface area contributed by atoms with Gasteiger partial charge in [0.25, 0.3) is 0 Å². The minimum Gasteiger partial charge on any atom is -0.386 e. The van der Waals surface area contributed by atoms with Gasteiger partial charge in [0.05, 0.1) is 25.1 Å². The third-order valence-corrected chi connectivity index (χ3v) is 5.74. The van der Waals surface area contributed by atoms with Crippen molar-refractivity contribution in [2.45, 2.75) is 17.7 Å². The summed E-state index contributed by atoms with van der Waals surface area (Å²) >= 11 is 5.06. The topological polar surface area (TPSA) is 81.2 Å². The van der Waals surface area contributed by atoms with E-state index in [-0.39, 0.29) is 0 Å². The summed E-state index contributed by atoms with van der Waals surface area (Å²) in [6, 6.07) is 0. The third kappa shape index (κ3) is 2.79. The second kappa shape index (κ2) is 6.36. The summed E-state index contributed by atoms with van der Waals surface area (Å²) in [6.45, 7) is 3.75. The first-order chi connectivity index (χ1) is 12.3. The number of fused-ring (bicyclic) bond motifs is 3. The van der Waals surface area contributed by atoms with Gasteiger partial charge in [0, 0.05) is 20.6 Å². The van der Waals surface area contributed by atoms with Crippen LogP contribution < -0.4 is 4.90 Å². The van der Waals surface area contributed by atoms with E-state index in [1.54, 1.807) is 6.92 Å². The minimum absolute atomic E-state index is 0.314. The number of aromatic nitrogens is 5. The fourth-order valence-electron chi connectivity index (χ4n) is 3.54. The van der Waals surface area contributed by atoms with Crippen LogP contribution in [0.3, 0.4) is 0 Å². The van der Waals surface area contributed by atoms with Crippen molar-refractivity contribution >= 4 is 55.6 Å². The van der Waals surface area contributed by atoms with Crippen LogP contribution in [0.5, 0.6) is 0 Å². The summed E-state index contributed by atoms with van der Waals surface area (Å²) in [5.41, 5.74) is 1.87. The Hall–Kier alpha value is -1.36. The molecule has 8 nitrogen and oxygen atoms in total. The van der Waals surface area contributed by atoms with Crippen molar-refractivity contribution in [2.75, 3.05) is 37.5 Å². The fourth-order valence-corrected chi connectivity index (χ4v) is 4.59. The van der Waals surface area contributed by atoms with Gasteiger partial charge >= 0.3 is 0 Å². The molecular formula is C16H21BrN6O2S. The zero-order chi connectivity index (χ0) is 18.6. The molecule has 1 atom stereocenters. The maximum Gasteiger partial charge on any atom is 0.191 e. The Kier molecular flexibility index (Phi) is 4.41. The molecule has 4 rings (SSSR count). The highest BCUT2D eigenvalue weighted by atomic mass is 79.9. The summed E-state index contributed by atoms with van der Waals surface area (Å²) < 4.78 is 10.2. The Morgan fingerprint density at radius 2 is 2.04 bits per heavy atom. The van der Waals surface area contributed by atoms with Crippen LogP contribution in [0.25, 0.3) is 22.1 Å². The normalized spacial score (nSPS) is 21.7. The molecule has 0 aromatic carbocycles. The van der Waals surface area contributed by atoms with Gasteiger partial charge in [-0.3, -0.25) is 4.68 Å². The maximum absolute atomic E-state index is 10.6. The summed E-state index contributed by atoms with van der Waals surface area (Å²) in [5.74, 6) is 0.811. The number of halogens is 1. The molecule has 1 aliphatic heterocycles. The molecule has 1 N–H and O–H groups in total. The first-order valence-corrected chi connectivity index (χ1v) is 10.3. The molecule has 1 aliphatic rings. The Balaban J connectivity index is 2.04. The van der Waals surface area contributed by atoms with E-state index in [4.69, 9.17) is 14.7 Å². The highest BCUT2D eigenvalue weighted by Gasteiger charge is 2.31. The fraction of sp³-hybridized carbons (Fsp3) is 0.562. The Bertz CT molecular complexity index is 998. The number of hydrogen-bond donors (Lipinski definition) is 1. The maximum atomic E-state index is 10.6. The number of aryl methyl sites for hydroxylation is 2. The van der Waals surface area contributed by atoms with Gasteiger partial charge in [-0.05, 0) is 29.1 Å². The number of nitrogens with zero attached hydrogens (tertiary/aromatic N) is 6. The van der Waals surface area contributed by atoms with Gasteiger partial charge in [-0.1, -0.05) is 11.8 Å². The molecule has 0 spiro atoms. The van der Waals surface area contributed by atoms with Crippen molar-refractivity contribution in [1.29, 1.82) is 0 Å². The molecule has 0 bridgehead atoms. The van der Waals surface area contributed by atoms with Gasteiger partial charge in [-0.15, -0.1) is 0 Å². The largest absolute Gasteiger partial charge is 0.386 e. The quantitative estimate of drug-likeness (QED) is 0.481. The highest BCUT2D eigenvalue weighted by Crippen LogP contribution is 2.37. The zero-order valence-electron chi connectivity index (χ0n) is 15.2. The lowest BCUT2D eigenvalue weighted by atomic mass is 10.1. The zero-order valence-corrected chi connectivity index (χ0v) is 17.6. The smallest absolute Gasteiger partial charge is 0.191 e. The van der Waals surface area contributed by atoms with E-state index in [1.807, 2.05) is 29.6 Å². The van der Waals surface area contributed by atoms with E-state index in [1.165, 1.54) is 11.8 Å². The second-order valence-electron chi connectivity index (χ2n) is 6.87. The summed E-state index contributed by atoms with van der Waals surface area (Å²) in [5, 5.41) is 16.8. The van der Waals surface area contributed by atoms with E-state index in [0.717, 1.165) is 32.5 Å². The number of ether oxygens (including phenoxy) is 1. The van der Waals surface area contributed by atoms with Crippen molar-refractivity contribution in [2.24, 2.45) is 14.1 Å². The predicted molar refractivity (Wildman–Crippen MR) is 106 cm³/mol. The molecule has 0 aliphatic carbocycles. The predicted octanol–water partition coefficient (Wildman–Crippen LogP) is 1.93. The first-order valence-electron chi connectivity index (χ1n) is 8.30. The van der Waals surface area contributed by atoms with Crippen LogP contribution in [0, 0.1) is 0 Å². The van der Waals surface area contributed by atoms with E-state index in [2.05, 4.69) is 25.9 Å². The van der Waals surface area contributed by atoms with Crippen LogP contribution in [-0.2, 0) is 18.8 Å². The van der Waals surface area contributed by atoms with Crippen LogP contribution in [0.1, 0.15) is 6.92 Å². The molecule has 10 heteroatoms. The van der Waals surface area contributed by atoms with E-state index in [0.29, 0.717) is 31.5 Å². The van der Waals surface area contributed by atoms with Crippen LogP contribution in [0.2, 0.25) is 0 Å². The standard InChI is InChI=1S/C16H21BrN6O2S/c1-16(24)7-23(5-6-25-8-16)14-9-10-11(12(17)20-22(10)3)21(2)13(9)18-15(19-14)26-4/h24H,5-8H2,1-4H3/t16-/m0/s1. The molecule has 1 fully saturated rings. The Morgan fingerprint density at radius 3 is 2.77 bits per heavy atom. The van der Waals surface area contributed by atoms with Gasteiger partial charge in [0.1, 0.15) is 28.1 Å². The second-order valence-corrected chi connectivity index (χ2v) is 8.40. The van der Waals surface area contributed by atoms with Crippen molar-refractivity contribution in [3.8, 4) is 0 Å². The van der Waals surface area contributed by atoms with Gasteiger partial charge in [0.2, 0.25) is 0 Å². The average Bonchev–Trinajstić information content (AvgIpc) is 2.97. The number of thioether (sulfide) groups is 1. The number of β-amino-alcohol motifs (C(OH)–C–C–N with tert-alkyl or cyclic N) is 1. The van der Waals surface area contributed by atoms with E-state index >= 15 is 0 Å². The first kappa shape index (κ1) is 18.0. The molecule has 0 amide bonds. The van der Waals surface area contributed by atoms with Crippen LogP contribution in [0.4, 0.5) is 5.82 Å². The number of aliphatic hydroxyl groups is 1. The molecule has 0 saturated carbocycles. The lowest BCUT2D eigenvalue weighted by molar-refractivity contribution is -0.0123. The molecular weight excluding hydrogens is 420 g/mol. The van der Waals surface area contributed by atoms with Crippen LogP contribution >= 0.6 is 27.7 Å². The average molecular weight is 441 g/mol. The number of anilines is 1. The minimum atomic E-state index is -0.936. The summed E-state index contributed by atoms with van der Waals surface area (Å²) in [4.78, 5) is 11.6. The Labute approximate surface area is 163 Å². The molecule has 4 heterocycles. The molecule has 3 aromatic heterocycles. The molecule has 1 saturated heterocycles.